The van der Waals surface area contributed by atoms with Gasteiger partial charge in [-0.25, -0.2) is 0 Å². The Kier molecular flexibility index (Phi) is 5.17. The van der Waals surface area contributed by atoms with Crippen molar-refractivity contribution < 1.29 is 9.53 Å². The molecule has 0 spiro atoms. The van der Waals surface area contributed by atoms with Crippen LogP contribution in [-0.2, 0) is 16.1 Å². The standard InChI is InChI=1S/C19H25N3O2/c1-13(23)21-18-7-16-11-22(12-17(16)8-19(18)24-2)10-15-5-3-14(9-20)4-6-15/h3-6,16-19H,7-8,10-12H2,1-2H3,(H,21,23)/t16-,17+,18-,19-/m1/s1. The molecule has 0 radical (unpaired) electrons. The summed E-state index contributed by atoms with van der Waals surface area (Å²) in [5.74, 6) is 1.28. The zero-order valence-corrected chi connectivity index (χ0v) is 14.4. The topological polar surface area (TPSA) is 65.4 Å². The average Bonchev–Trinajstić information content (AvgIpc) is 2.95. The second-order valence-electron chi connectivity index (χ2n) is 7.08. The Morgan fingerprint density at radius 3 is 2.54 bits per heavy atom. The number of hydrogen-bond donors (Lipinski definition) is 1. The molecule has 4 atom stereocenters. The SMILES string of the molecule is CO[C@@H]1C[C@H]2CN(Cc3ccc(C#N)cc3)C[C@H]2C[C@H]1NC(C)=O. The highest BCUT2D eigenvalue weighted by Gasteiger charge is 2.42. The number of benzene rings is 1. The van der Waals surface area contributed by atoms with Crippen LogP contribution >= 0.6 is 0 Å². The van der Waals surface area contributed by atoms with E-state index in [4.69, 9.17) is 10.00 Å². The van der Waals surface area contributed by atoms with Crippen LogP contribution in [0.5, 0.6) is 0 Å². The van der Waals surface area contributed by atoms with Crippen LogP contribution in [0.4, 0.5) is 0 Å². The number of rotatable bonds is 4. The van der Waals surface area contributed by atoms with Crippen molar-refractivity contribution in [1.29, 1.82) is 5.26 Å². The molecule has 1 aromatic carbocycles. The van der Waals surface area contributed by atoms with Crippen LogP contribution in [0.2, 0.25) is 0 Å². The molecule has 1 N–H and O–H groups in total. The Labute approximate surface area is 143 Å². The van der Waals surface area contributed by atoms with Crippen LogP contribution in [0, 0.1) is 23.2 Å². The Hall–Kier alpha value is -1.90. The van der Waals surface area contributed by atoms with Gasteiger partial charge in [-0.15, -0.1) is 0 Å². The highest BCUT2D eigenvalue weighted by Crippen LogP contribution is 2.38. The molecule has 1 saturated heterocycles. The lowest BCUT2D eigenvalue weighted by atomic mass is 9.77. The molecule has 1 amide bonds. The van der Waals surface area contributed by atoms with E-state index in [9.17, 15) is 4.79 Å². The van der Waals surface area contributed by atoms with Crippen LogP contribution < -0.4 is 5.32 Å². The summed E-state index contributed by atoms with van der Waals surface area (Å²) < 4.78 is 5.63. The molecule has 1 saturated carbocycles. The summed E-state index contributed by atoms with van der Waals surface area (Å²) in [7, 11) is 1.74. The maximum Gasteiger partial charge on any atom is 0.217 e. The van der Waals surface area contributed by atoms with Crippen LogP contribution in [0.1, 0.15) is 30.9 Å². The fourth-order valence-electron chi connectivity index (χ4n) is 4.26. The number of ether oxygens (including phenoxy) is 1. The molecule has 5 heteroatoms. The van der Waals surface area contributed by atoms with E-state index in [0.29, 0.717) is 17.4 Å². The third kappa shape index (κ3) is 3.77. The van der Waals surface area contributed by atoms with E-state index in [1.807, 2.05) is 24.3 Å². The smallest absolute Gasteiger partial charge is 0.217 e. The zero-order valence-electron chi connectivity index (χ0n) is 14.4. The highest BCUT2D eigenvalue weighted by atomic mass is 16.5. The van der Waals surface area contributed by atoms with Gasteiger partial charge in [0.05, 0.1) is 23.8 Å². The molecule has 5 nitrogen and oxygen atoms in total. The minimum Gasteiger partial charge on any atom is -0.379 e. The van der Waals surface area contributed by atoms with E-state index < -0.39 is 0 Å². The molecule has 1 aliphatic carbocycles. The molecule has 24 heavy (non-hydrogen) atoms. The van der Waals surface area contributed by atoms with Gasteiger partial charge in [0.1, 0.15) is 0 Å². The first-order chi connectivity index (χ1) is 11.6. The third-order valence-corrected chi connectivity index (χ3v) is 5.37. The first kappa shape index (κ1) is 16.9. The molecule has 0 bridgehead atoms. The number of likely N-dealkylation sites (tertiary alicyclic amines) is 1. The molecule has 2 fully saturated rings. The highest BCUT2D eigenvalue weighted by molar-refractivity contribution is 5.73. The van der Waals surface area contributed by atoms with Gasteiger partial charge in [-0.05, 0) is 42.4 Å². The quantitative estimate of drug-likeness (QED) is 0.917. The number of carbonyl (C=O) groups excluding carboxylic acids is 1. The fourth-order valence-corrected chi connectivity index (χ4v) is 4.26. The molecule has 1 heterocycles. The summed E-state index contributed by atoms with van der Waals surface area (Å²) in [6.45, 7) is 4.64. The van der Waals surface area contributed by atoms with Gasteiger partial charge in [0.15, 0.2) is 0 Å². The predicted octanol–water partition coefficient (Wildman–Crippen LogP) is 1.92. The molecule has 1 aromatic rings. The van der Waals surface area contributed by atoms with Crippen molar-refractivity contribution in [2.75, 3.05) is 20.2 Å². The summed E-state index contributed by atoms with van der Waals surface area (Å²) in [5.41, 5.74) is 1.95. The van der Waals surface area contributed by atoms with Crippen molar-refractivity contribution in [2.45, 2.75) is 38.5 Å². The van der Waals surface area contributed by atoms with Crippen LogP contribution in [0.25, 0.3) is 0 Å². The van der Waals surface area contributed by atoms with E-state index in [-0.39, 0.29) is 18.1 Å². The monoisotopic (exact) mass is 327 g/mol. The molecule has 2 aliphatic rings. The van der Waals surface area contributed by atoms with Gasteiger partial charge in [-0.1, -0.05) is 12.1 Å². The Morgan fingerprint density at radius 1 is 1.29 bits per heavy atom. The fraction of sp³-hybridized carbons (Fsp3) is 0.579. The van der Waals surface area contributed by atoms with Crippen LogP contribution in [0.15, 0.2) is 24.3 Å². The number of amides is 1. The average molecular weight is 327 g/mol. The lowest BCUT2D eigenvalue weighted by Crippen LogP contribution is -2.49. The second kappa shape index (κ2) is 7.33. The first-order valence-corrected chi connectivity index (χ1v) is 8.60. The van der Waals surface area contributed by atoms with E-state index in [2.05, 4.69) is 16.3 Å². The van der Waals surface area contributed by atoms with Crippen molar-refractivity contribution in [2.24, 2.45) is 11.8 Å². The molecule has 0 aromatic heterocycles. The number of nitrogens with one attached hydrogen (secondary N) is 1. The van der Waals surface area contributed by atoms with Crippen LogP contribution in [0.3, 0.4) is 0 Å². The van der Waals surface area contributed by atoms with Gasteiger partial charge in [-0.2, -0.15) is 5.26 Å². The van der Waals surface area contributed by atoms with Gasteiger partial charge in [-0.3, -0.25) is 9.69 Å². The van der Waals surface area contributed by atoms with Gasteiger partial charge >= 0.3 is 0 Å². The van der Waals surface area contributed by atoms with Gasteiger partial charge in [0.25, 0.3) is 0 Å². The van der Waals surface area contributed by atoms with Crippen molar-refractivity contribution in [3.8, 4) is 6.07 Å². The Morgan fingerprint density at radius 2 is 1.96 bits per heavy atom. The second-order valence-corrected chi connectivity index (χ2v) is 7.08. The lowest BCUT2D eigenvalue weighted by Gasteiger charge is -2.37. The number of nitrogens with zero attached hydrogens (tertiary/aromatic N) is 2. The molecule has 128 valence electrons. The summed E-state index contributed by atoms with van der Waals surface area (Å²) >= 11 is 0. The summed E-state index contributed by atoms with van der Waals surface area (Å²) in [6, 6.07) is 10.1. The van der Waals surface area contributed by atoms with E-state index >= 15 is 0 Å². The number of nitriles is 1. The minimum absolute atomic E-state index is 0.0212. The molecule has 0 unspecified atom stereocenters. The van der Waals surface area contributed by atoms with Crippen molar-refractivity contribution >= 4 is 5.91 Å². The number of hydrogen-bond acceptors (Lipinski definition) is 4. The molecule has 3 rings (SSSR count). The predicted molar refractivity (Wildman–Crippen MR) is 91.0 cm³/mol. The summed E-state index contributed by atoms with van der Waals surface area (Å²) in [6.07, 6.45) is 2.12. The van der Waals surface area contributed by atoms with Crippen molar-refractivity contribution in [3.05, 3.63) is 35.4 Å². The minimum atomic E-state index is 0.0212. The van der Waals surface area contributed by atoms with Gasteiger partial charge in [0, 0.05) is 33.7 Å². The summed E-state index contributed by atoms with van der Waals surface area (Å²) in [5, 5.41) is 11.9. The zero-order chi connectivity index (χ0) is 17.1. The Bertz CT molecular complexity index is 622. The Balaban J connectivity index is 1.61. The van der Waals surface area contributed by atoms with Crippen molar-refractivity contribution in [1.82, 2.24) is 10.2 Å². The van der Waals surface area contributed by atoms with Gasteiger partial charge in [0.2, 0.25) is 5.91 Å². The van der Waals surface area contributed by atoms with Gasteiger partial charge < -0.3 is 10.1 Å². The number of fused-ring (bicyclic) bond motifs is 1. The van der Waals surface area contributed by atoms with E-state index in [1.54, 1.807) is 14.0 Å². The number of carbonyl (C=O) groups is 1. The third-order valence-electron chi connectivity index (χ3n) is 5.37. The van der Waals surface area contributed by atoms with Crippen LogP contribution in [-0.4, -0.2) is 43.2 Å². The normalized spacial score (nSPS) is 29.7. The molecular weight excluding hydrogens is 302 g/mol. The largest absolute Gasteiger partial charge is 0.379 e. The lowest BCUT2D eigenvalue weighted by molar-refractivity contribution is -0.121. The maximum atomic E-state index is 11.4. The number of methoxy groups -OCH3 is 1. The van der Waals surface area contributed by atoms with E-state index in [1.165, 1.54) is 5.56 Å². The maximum absolute atomic E-state index is 11.4. The van der Waals surface area contributed by atoms with E-state index in [0.717, 1.165) is 32.5 Å². The van der Waals surface area contributed by atoms with Crippen molar-refractivity contribution in [3.63, 3.8) is 0 Å². The summed E-state index contributed by atoms with van der Waals surface area (Å²) in [4.78, 5) is 13.9. The molecule has 1 aliphatic heterocycles. The molecular formula is C19H25N3O2. The first-order valence-electron chi connectivity index (χ1n) is 8.60.